The number of carbonyl (C=O) groups excluding carboxylic acids is 1. The third kappa shape index (κ3) is 3.70. The Morgan fingerprint density at radius 2 is 1.92 bits per heavy atom. The molecule has 0 bridgehead atoms. The minimum absolute atomic E-state index is 0.253. The van der Waals surface area contributed by atoms with E-state index in [1.165, 1.54) is 0 Å². The molecule has 0 spiro atoms. The molecule has 0 aliphatic carbocycles. The van der Waals surface area contributed by atoms with E-state index in [0.717, 1.165) is 24.2 Å². The van der Waals surface area contributed by atoms with Gasteiger partial charge in [0.05, 0.1) is 11.9 Å². The highest BCUT2D eigenvalue weighted by molar-refractivity contribution is 6.33. The van der Waals surface area contributed by atoms with Gasteiger partial charge in [0.25, 0.3) is 0 Å². The molecule has 3 rings (SSSR count). The summed E-state index contributed by atoms with van der Waals surface area (Å²) in [4.78, 5) is 24.5. The molecule has 0 radical (unpaired) electrons. The van der Waals surface area contributed by atoms with E-state index in [2.05, 4.69) is 20.9 Å². The number of hydrogen-bond acceptors (Lipinski definition) is 5. The van der Waals surface area contributed by atoms with Crippen molar-refractivity contribution in [2.75, 3.05) is 31.1 Å². The molecule has 3 heterocycles. The monoisotopic (exact) mass is 348 g/mol. The highest BCUT2D eigenvalue weighted by Gasteiger charge is 2.26. The van der Waals surface area contributed by atoms with E-state index in [1.807, 2.05) is 26.8 Å². The van der Waals surface area contributed by atoms with Gasteiger partial charge in [0.15, 0.2) is 5.15 Å². The number of amides is 1. The summed E-state index contributed by atoms with van der Waals surface area (Å²) in [5.41, 5.74) is 1.26. The molecule has 0 aromatic carbocycles. The number of nitrogens with zero attached hydrogens (tertiary/aromatic N) is 4. The number of hydrogen-bond donors (Lipinski definition) is 0. The fourth-order valence-electron chi connectivity index (χ4n) is 2.66. The zero-order chi connectivity index (χ0) is 17.3. The van der Waals surface area contributed by atoms with Gasteiger partial charge in [-0.05, 0) is 32.9 Å². The number of piperazine rings is 1. The first kappa shape index (κ1) is 16.8. The molecule has 7 heteroatoms. The topological polar surface area (TPSA) is 58.6 Å². The summed E-state index contributed by atoms with van der Waals surface area (Å²) in [6.45, 7) is 8.37. The Hall–Kier alpha value is -2.08. The molecule has 2 aromatic heterocycles. The van der Waals surface area contributed by atoms with Gasteiger partial charge in [0, 0.05) is 37.8 Å². The second-order valence-corrected chi connectivity index (χ2v) is 7.18. The lowest BCUT2D eigenvalue weighted by Gasteiger charge is -2.36. The van der Waals surface area contributed by atoms with Crippen LogP contribution in [0.3, 0.4) is 0 Å². The Morgan fingerprint density at radius 3 is 2.58 bits per heavy atom. The lowest BCUT2D eigenvalue weighted by molar-refractivity contribution is 0.0240. The highest BCUT2D eigenvalue weighted by atomic mass is 35.5. The second kappa shape index (κ2) is 6.43. The Kier molecular flexibility index (Phi) is 4.49. The zero-order valence-corrected chi connectivity index (χ0v) is 14.9. The average molecular weight is 349 g/mol. The molecule has 128 valence electrons. The number of pyridine rings is 2. The molecule has 0 atom stereocenters. The largest absolute Gasteiger partial charge is 0.444 e. The van der Waals surface area contributed by atoms with Gasteiger partial charge in [0.2, 0.25) is 0 Å². The zero-order valence-electron chi connectivity index (χ0n) is 14.1. The molecule has 1 aliphatic heterocycles. The van der Waals surface area contributed by atoms with Crippen LogP contribution in [0.25, 0.3) is 10.9 Å². The first-order chi connectivity index (χ1) is 11.3. The Bertz CT molecular complexity index is 752. The van der Waals surface area contributed by atoms with Crippen molar-refractivity contribution in [1.82, 2.24) is 14.9 Å². The van der Waals surface area contributed by atoms with Crippen LogP contribution in [0.1, 0.15) is 20.8 Å². The van der Waals surface area contributed by atoms with E-state index in [0.29, 0.717) is 23.8 Å². The quantitative estimate of drug-likeness (QED) is 0.740. The predicted octanol–water partition coefficient (Wildman–Crippen LogP) is 3.34. The molecule has 0 N–H and O–H groups in total. The maximum Gasteiger partial charge on any atom is 0.410 e. The summed E-state index contributed by atoms with van der Waals surface area (Å²) in [5, 5.41) is 1.37. The van der Waals surface area contributed by atoms with E-state index in [1.54, 1.807) is 17.3 Å². The molecule has 0 unspecified atom stereocenters. The Balaban J connectivity index is 1.68. The number of fused-ring (bicyclic) bond motifs is 1. The number of ether oxygens (including phenoxy) is 1. The summed E-state index contributed by atoms with van der Waals surface area (Å²) < 4.78 is 5.42. The number of rotatable bonds is 1. The van der Waals surface area contributed by atoms with Crippen molar-refractivity contribution < 1.29 is 9.53 Å². The van der Waals surface area contributed by atoms with Crippen LogP contribution in [0.15, 0.2) is 24.5 Å². The summed E-state index contributed by atoms with van der Waals surface area (Å²) in [7, 11) is 0. The summed E-state index contributed by atoms with van der Waals surface area (Å²) >= 11 is 6.06. The summed E-state index contributed by atoms with van der Waals surface area (Å²) in [5.74, 6) is 0. The van der Waals surface area contributed by atoms with Gasteiger partial charge in [-0.25, -0.2) is 9.78 Å². The van der Waals surface area contributed by atoms with Crippen molar-refractivity contribution in [3.05, 3.63) is 29.7 Å². The average Bonchev–Trinajstić information content (AvgIpc) is 2.53. The highest BCUT2D eigenvalue weighted by Crippen LogP contribution is 2.24. The third-order valence-corrected chi connectivity index (χ3v) is 4.11. The van der Waals surface area contributed by atoms with Crippen molar-refractivity contribution in [1.29, 1.82) is 0 Å². The smallest absolute Gasteiger partial charge is 0.410 e. The Labute approximate surface area is 146 Å². The van der Waals surface area contributed by atoms with E-state index < -0.39 is 5.60 Å². The molecule has 1 amide bonds. The SMILES string of the molecule is CC(C)(C)OC(=O)N1CCN(c2cnc3c(Cl)nccc3c2)CC1. The van der Waals surface area contributed by atoms with Gasteiger partial charge in [-0.15, -0.1) is 0 Å². The van der Waals surface area contributed by atoms with Gasteiger partial charge in [0.1, 0.15) is 11.1 Å². The van der Waals surface area contributed by atoms with E-state index >= 15 is 0 Å². The van der Waals surface area contributed by atoms with Crippen LogP contribution in [0, 0.1) is 0 Å². The maximum absolute atomic E-state index is 12.1. The molecular formula is C17H21ClN4O2. The van der Waals surface area contributed by atoms with Gasteiger partial charge < -0.3 is 14.5 Å². The fourth-order valence-corrected chi connectivity index (χ4v) is 2.87. The molecule has 2 aromatic rings. The minimum Gasteiger partial charge on any atom is -0.444 e. The number of halogens is 1. The molecule has 1 aliphatic rings. The second-order valence-electron chi connectivity index (χ2n) is 6.82. The summed E-state index contributed by atoms with van der Waals surface area (Å²) in [6.07, 6.45) is 3.23. The van der Waals surface area contributed by atoms with Crippen molar-refractivity contribution in [3.63, 3.8) is 0 Å². The van der Waals surface area contributed by atoms with Gasteiger partial charge in [-0.3, -0.25) is 4.98 Å². The maximum atomic E-state index is 12.1. The van der Waals surface area contributed by atoms with Gasteiger partial charge >= 0.3 is 6.09 Å². The van der Waals surface area contributed by atoms with Crippen LogP contribution in [0.2, 0.25) is 5.15 Å². The van der Waals surface area contributed by atoms with Crippen molar-refractivity contribution >= 4 is 34.3 Å². The molecule has 6 nitrogen and oxygen atoms in total. The Morgan fingerprint density at radius 1 is 1.21 bits per heavy atom. The van der Waals surface area contributed by atoms with Crippen molar-refractivity contribution in [3.8, 4) is 0 Å². The first-order valence-corrected chi connectivity index (χ1v) is 8.34. The van der Waals surface area contributed by atoms with E-state index in [9.17, 15) is 4.79 Å². The molecule has 1 fully saturated rings. The van der Waals surface area contributed by atoms with E-state index in [4.69, 9.17) is 16.3 Å². The van der Waals surface area contributed by atoms with Gasteiger partial charge in [-0.1, -0.05) is 11.6 Å². The van der Waals surface area contributed by atoms with Gasteiger partial charge in [-0.2, -0.15) is 0 Å². The predicted molar refractivity (Wildman–Crippen MR) is 94.6 cm³/mol. The fraction of sp³-hybridized carbons (Fsp3) is 0.471. The normalized spacial score (nSPS) is 15.7. The lowest BCUT2D eigenvalue weighted by atomic mass is 10.2. The van der Waals surface area contributed by atoms with Crippen molar-refractivity contribution in [2.45, 2.75) is 26.4 Å². The number of aromatic nitrogens is 2. The van der Waals surface area contributed by atoms with Crippen LogP contribution in [0.5, 0.6) is 0 Å². The number of carbonyl (C=O) groups is 1. The van der Waals surface area contributed by atoms with Crippen LogP contribution in [0.4, 0.5) is 10.5 Å². The van der Waals surface area contributed by atoms with Crippen LogP contribution in [-0.4, -0.2) is 52.7 Å². The molecule has 24 heavy (non-hydrogen) atoms. The minimum atomic E-state index is -0.468. The third-order valence-electron chi connectivity index (χ3n) is 3.84. The first-order valence-electron chi connectivity index (χ1n) is 7.97. The molecule has 0 saturated carbocycles. The van der Waals surface area contributed by atoms with E-state index in [-0.39, 0.29) is 6.09 Å². The summed E-state index contributed by atoms with van der Waals surface area (Å²) in [6, 6.07) is 3.95. The standard InChI is InChI=1S/C17H21ClN4O2/c1-17(2,3)24-16(23)22-8-6-21(7-9-22)13-10-12-4-5-19-15(18)14(12)20-11-13/h4-5,10-11H,6-9H2,1-3H3. The number of anilines is 1. The molecular weight excluding hydrogens is 328 g/mol. The van der Waals surface area contributed by atoms with Crippen LogP contribution >= 0.6 is 11.6 Å². The lowest BCUT2D eigenvalue weighted by Crippen LogP contribution is -2.50. The van der Waals surface area contributed by atoms with Crippen LogP contribution < -0.4 is 4.90 Å². The molecule has 1 saturated heterocycles. The van der Waals surface area contributed by atoms with Crippen LogP contribution in [-0.2, 0) is 4.74 Å². The van der Waals surface area contributed by atoms with Crippen molar-refractivity contribution in [2.24, 2.45) is 0 Å².